The van der Waals surface area contributed by atoms with Crippen LogP contribution in [0, 0.1) is 5.82 Å². The second-order valence-corrected chi connectivity index (χ2v) is 8.66. The van der Waals surface area contributed by atoms with E-state index in [-0.39, 0.29) is 11.7 Å². The second kappa shape index (κ2) is 9.20. The lowest BCUT2D eigenvalue weighted by Gasteiger charge is -2.20. The van der Waals surface area contributed by atoms with Crippen molar-refractivity contribution < 1.29 is 9.18 Å². The first kappa shape index (κ1) is 19.6. The number of thioether (sulfide) groups is 1. The topological polar surface area (TPSA) is 33.2 Å². The maximum absolute atomic E-state index is 13.1. The molecule has 0 N–H and O–H groups in total. The van der Waals surface area contributed by atoms with Crippen LogP contribution in [-0.4, -0.2) is 16.6 Å². The third kappa shape index (κ3) is 5.02. The van der Waals surface area contributed by atoms with Crippen LogP contribution in [0.4, 0.5) is 9.52 Å². The Labute approximate surface area is 177 Å². The number of nitrogens with zero attached hydrogens (tertiary/aromatic N) is 2. The highest BCUT2D eigenvalue weighted by atomic mass is 32.2. The minimum atomic E-state index is -0.254. The highest BCUT2D eigenvalue weighted by Crippen LogP contribution is 2.30. The monoisotopic (exact) mass is 422 g/mol. The van der Waals surface area contributed by atoms with E-state index in [2.05, 4.69) is 4.98 Å². The smallest absolute Gasteiger partial charge is 0.229 e. The Kier molecular flexibility index (Phi) is 6.22. The summed E-state index contributed by atoms with van der Waals surface area (Å²) in [4.78, 5) is 20.5. The summed E-state index contributed by atoms with van der Waals surface area (Å²) >= 11 is 3.08. The largest absolute Gasteiger partial charge is 0.284 e. The molecular formula is C23H19FN2OS2. The Hall–Kier alpha value is -2.70. The van der Waals surface area contributed by atoms with Gasteiger partial charge in [-0.15, -0.1) is 11.8 Å². The number of rotatable bonds is 7. The summed E-state index contributed by atoms with van der Waals surface area (Å²) in [6, 6.07) is 24.2. The number of carbonyl (C=O) groups excluding carboxylic acids is 1. The van der Waals surface area contributed by atoms with E-state index < -0.39 is 0 Å². The van der Waals surface area contributed by atoms with Gasteiger partial charge in [-0.25, -0.2) is 9.37 Å². The molecule has 0 radical (unpaired) electrons. The summed E-state index contributed by atoms with van der Waals surface area (Å²) in [7, 11) is 0. The van der Waals surface area contributed by atoms with Gasteiger partial charge >= 0.3 is 0 Å². The van der Waals surface area contributed by atoms with Crippen LogP contribution in [0.3, 0.4) is 0 Å². The number of fused-ring (bicyclic) bond motifs is 1. The van der Waals surface area contributed by atoms with Crippen LogP contribution in [0.2, 0.25) is 0 Å². The maximum Gasteiger partial charge on any atom is 0.229 e. The third-order valence-corrected chi connectivity index (χ3v) is 6.47. The van der Waals surface area contributed by atoms with Gasteiger partial charge in [0.15, 0.2) is 5.13 Å². The van der Waals surface area contributed by atoms with Crippen LogP contribution in [0.1, 0.15) is 12.0 Å². The number of hydrogen-bond acceptors (Lipinski definition) is 4. The van der Waals surface area contributed by atoms with Crippen molar-refractivity contribution in [3.05, 3.63) is 90.2 Å². The summed E-state index contributed by atoms with van der Waals surface area (Å²) < 4.78 is 14.1. The van der Waals surface area contributed by atoms with Crippen LogP contribution in [0.5, 0.6) is 0 Å². The quantitative estimate of drug-likeness (QED) is 0.335. The van der Waals surface area contributed by atoms with Crippen molar-refractivity contribution in [2.24, 2.45) is 0 Å². The Balaban J connectivity index is 1.50. The maximum atomic E-state index is 13.1. The molecule has 1 heterocycles. The molecule has 0 bridgehead atoms. The Morgan fingerprint density at radius 1 is 0.966 bits per heavy atom. The number of carbonyl (C=O) groups is 1. The molecule has 6 heteroatoms. The molecule has 0 atom stereocenters. The molecular weight excluding hydrogens is 403 g/mol. The molecule has 0 unspecified atom stereocenters. The third-order valence-electron chi connectivity index (χ3n) is 4.40. The molecule has 1 amide bonds. The van der Waals surface area contributed by atoms with E-state index in [1.54, 1.807) is 28.8 Å². The van der Waals surface area contributed by atoms with Gasteiger partial charge in [-0.1, -0.05) is 53.8 Å². The summed E-state index contributed by atoms with van der Waals surface area (Å²) in [5, 5.41) is 0.715. The van der Waals surface area contributed by atoms with Crippen molar-refractivity contribution in [3.8, 4) is 0 Å². The molecule has 0 saturated carbocycles. The number of aromatic nitrogens is 1. The van der Waals surface area contributed by atoms with Gasteiger partial charge in [-0.05, 0) is 42.0 Å². The summed E-state index contributed by atoms with van der Waals surface area (Å²) in [5.41, 5.74) is 1.96. The van der Waals surface area contributed by atoms with Crippen molar-refractivity contribution in [1.82, 2.24) is 4.98 Å². The fourth-order valence-electron chi connectivity index (χ4n) is 2.93. The number of para-hydroxylation sites is 1. The highest BCUT2D eigenvalue weighted by Gasteiger charge is 2.20. The minimum absolute atomic E-state index is 0.0301. The summed E-state index contributed by atoms with van der Waals surface area (Å²) in [6.07, 6.45) is 0.380. The molecule has 0 aliphatic rings. The number of thiazole rings is 1. The molecule has 1 aromatic heterocycles. The molecule has 0 aliphatic carbocycles. The van der Waals surface area contributed by atoms with E-state index in [0.29, 0.717) is 23.8 Å². The zero-order valence-electron chi connectivity index (χ0n) is 15.6. The number of benzene rings is 3. The van der Waals surface area contributed by atoms with Crippen LogP contribution < -0.4 is 4.90 Å². The van der Waals surface area contributed by atoms with Crippen molar-refractivity contribution in [2.75, 3.05) is 10.7 Å². The molecule has 0 saturated heterocycles. The van der Waals surface area contributed by atoms with E-state index in [1.165, 1.54) is 23.5 Å². The van der Waals surface area contributed by atoms with Gasteiger partial charge in [0.25, 0.3) is 0 Å². The van der Waals surface area contributed by atoms with Crippen molar-refractivity contribution in [3.63, 3.8) is 0 Å². The molecule has 0 fully saturated rings. The predicted molar refractivity (Wildman–Crippen MR) is 119 cm³/mol. The number of anilines is 1. The molecule has 29 heavy (non-hydrogen) atoms. The SMILES string of the molecule is O=C(CCSc1ccc(F)cc1)N(Cc1ccccc1)c1nc2ccccc2s1. The van der Waals surface area contributed by atoms with E-state index in [9.17, 15) is 9.18 Å². The van der Waals surface area contributed by atoms with Gasteiger partial charge < -0.3 is 0 Å². The minimum Gasteiger partial charge on any atom is -0.284 e. The van der Waals surface area contributed by atoms with Gasteiger partial charge in [0, 0.05) is 17.1 Å². The average Bonchev–Trinajstić information content (AvgIpc) is 3.18. The molecule has 3 nitrogen and oxygen atoms in total. The molecule has 0 spiro atoms. The van der Waals surface area contributed by atoms with Crippen molar-refractivity contribution >= 4 is 44.4 Å². The number of hydrogen-bond donors (Lipinski definition) is 0. The Morgan fingerprint density at radius 3 is 2.45 bits per heavy atom. The fourth-order valence-corrected chi connectivity index (χ4v) is 4.75. The number of halogens is 1. The first-order valence-electron chi connectivity index (χ1n) is 9.27. The molecule has 4 aromatic rings. The lowest BCUT2D eigenvalue weighted by molar-refractivity contribution is -0.118. The van der Waals surface area contributed by atoms with Gasteiger partial charge in [0.05, 0.1) is 16.8 Å². The van der Waals surface area contributed by atoms with Gasteiger partial charge in [-0.3, -0.25) is 9.69 Å². The van der Waals surface area contributed by atoms with Crippen molar-refractivity contribution in [2.45, 2.75) is 17.9 Å². The van der Waals surface area contributed by atoms with Crippen LogP contribution >= 0.6 is 23.1 Å². The predicted octanol–water partition coefficient (Wildman–Crippen LogP) is 6.15. The molecule has 3 aromatic carbocycles. The second-order valence-electron chi connectivity index (χ2n) is 6.48. The summed E-state index contributed by atoms with van der Waals surface area (Å²) in [6.45, 7) is 0.487. The van der Waals surface area contributed by atoms with E-state index in [4.69, 9.17) is 0 Å². The standard InChI is InChI=1S/C23H19FN2OS2/c24-18-10-12-19(13-11-18)28-15-14-22(27)26(16-17-6-2-1-3-7-17)23-25-20-8-4-5-9-21(20)29-23/h1-13H,14-16H2. The van der Waals surface area contributed by atoms with Gasteiger partial charge in [0.1, 0.15) is 5.82 Å². The van der Waals surface area contributed by atoms with E-state index >= 15 is 0 Å². The lowest BCUT2D eigenvalue weighted by Crippen LogP contribution is -2.30. The highest BCUT2D eigenvalue weighted by molar-refractivity contribution is 7.99. The molecule has 0 aliphatic heterocycles. The first-order valence-corrected chi connectivity index (χ1v) is 11.1. The van der Waals surface area contributed by atoms with Crippen molar-refractivity contribution in [1.29, 1.82) is 0 Å². The van der Waals surface area contributed by atoms with Crippen LogP contribution in [-0.2, 0) is 11.3 Å². The normalized spacial score (nSPS) is 10.9. The first-order chi connectivity index (χ1) is 14.2. The van der Waals surface area contributed by atoms with Gasteiger partial charge in [0.2, 0.25) is 5.91 Å². The van der Waals surface area contributed by atoms with Crippen LogP contribution in [0.25, 0.3) is 10.2 Å². The zero-order valence-corrected chi connectivity index (χ0v) is 17.3. The van der Waals surface area contributed by atoms with Crippen LogP contribution in [0.15, 0.2) is 83.8 Å². The molecule has 4 rings (SSSR count). The lowest BCUT2D eigenvalue weighted by atomic mass is 10.2. The summed E-state index contributed by atoms with van der Waals surface area (Å²) in [5.74, 6) is 0.401. The zero-order chi connectivity index (χ0) is 20.1. The van der Waals surface area contributed by atoms with Gasteiger partial charge in [-0.2, -0.15) is 0 Å². The average molecular weight is 423 g/mol. The Morgan fingerprint density at radius 2 is 1.69 bits per heavy atom. The fraction of sp³-hybridized carbons (Fsp3) is 0.130. The molecule has 146 valence electrons. The number of amides is 1. The van der Waals surface area contributed by atoms with E-state index in [0.717, 1.165) is 20.7 Å². The Bertz CT molecular complexity index is 1060. The van der Waals surface area contributed by atoms with E-state index in [1.807, 2.05) is 54.6 Å².